The highest BCUT2D eigenvalue weighted by molar-refractivity contribution is 5.34. The third-order valence-corrected chi connectivity index (χ3v) is 2.90. The first-order chi connectivity index (χ1) is 10.3. The van der Waals surface area contributed by atoms with Gasteiger partial charge in [-0.15, -0.1) is 12.8 Å². The van der Waals surface area contributed by atoms with Crippen LogP contribution in [0.1, 0.15) is 11.1 Å². The summed E-state index contributed by atoms with van der Waals surface area (Å²) in [5, 5.41) is 0. The van der Waals surface area contributed by atoms with E-state index in [0.29, 0.717) is 13.2 Å². The van der Waals surface area contributed by atoms with Crippen LogP contribution in [0.3, 0.4) is 0 Å². The second kappa shape index (κ2) is 7.68. The third kappa shape index (κ3) is 4.64. The predicted molar refractivity (Wildman–Crippen MR) is 84.3 cm³/mol. The Labute approximate surface area is 125 Å². The maximum atomic E-state index is 5.34. The third-order valence-electron chi connectivity index (χ3n) is 2.90. The quantitative estimate of drug-likeness (QED) is 0.754. The van der Waals surface area contributed by atoms with Crippen LogP contribution in [0.4, 0.5) is 0 Å². The highest BCUT2D eigenvalue weighted by Crippen LogP contribution is 2.17. The lowest BCUT2D eigenvalue weighted by molar-refractivity contribution is 0.370. The zero-order chi connectivity index (χ0) is 14.9. The fraction of sp³-hybridized carbons (Fsp3) is 0.158. The van der Waals surface area contributed by atoms with Crippen LogP contribution in [-0.4, -0.2) is 13.2 Å². The van der Waals surface area contributed by atoms with E-state index in [1.165, 1.54) is 11.1 Å². The van der Waals surface area contributed by atoms with Crippen molar-refractivity contribution in [2.45, 2.75) is 6.42 Å². The van der Waals surface area contributed by atoms with Crippen molar-refractivity contribution in [1.29, 1.82) is 0 Å². The van der Waals surface area contributed by atoms with Crippen molar-refractivity contribution in [2.24, 2.45) is 0 Å². The van der Waals surface area contributed by atoms with Gasteiger partial charge in [-0.3, -0.25) is 0 Å². The summed E-state index contributed by atoms with van der Waals surface area (Å²) in [4.78, 5) is 0. The molecule has 104 valence electrons. The van der Waals surface area contributed by atoms with E-state index in [4.69, 9.17) is 22.3 Å². The van der Waals surface area contributed by atoms with E-state index >= 15 is 0 Å². The van der Waals surface area contributed by atoms with Crippen LogP contribution in [0, 0.1) is 24.7 Å². The van der Waals surface area contributed by atoms with Crippen molar-refractivity contribution in [3.05, 3.63) is 59.7 Å². The second-order valence-electron chi connectivity index (χ2n) is 4.45. The van der Waals surface area contributed by atoms with Crippen LogP contribution < -0.4 is 9.47 Å². The average molecular weight is 276 g/mol. The Morgan fingerprint density at radius 1 is 0.667 bits per heavy atom. The van der Waals surface area contributed by atoms with Crippen molar-refractivity contribution in [3.8, 4) is 36.2 Å². The molecule has 0 aliphatic carbocycles. The largest absolute Gasteiger partial charge is 0.481 e. The van der Waals surface area contributed by atoms with Crippen LogP contribution in [0.2, 0.25) is 0 Å². The van der Waals surface area contributed by atoms with Gasteiger partial charge in [0, 0.05) is 0 Å². The summed E-state index contributed by atoms with van der Waals surface area (Å²) in [7, 11) is 0. The Balaban J connectivity index is 1.95. The fourth-order valence-corrected chi connectivity index (χ4v) is 1.89. The van der Waals surface area contributed by atoms with Gasteiger partial charge in [0.1, 0.15) is 24.7 Å². The molecule has 0 heterocycles. The highest BCUT2D eigenvalue weighted by atomic mass is 16.5. The molecule has 2 rings (SSSR count). The zero-order valence-electron chi connectivity index (χ0n) is 11.7. The highest BCUT2D eigenvalue weighted by Gasteiger charge is 1.99. The van der Waals surface area contributed by atoms with E-state index in [-0.39, 0.29) is 0 Å². The number of benzene rings is 2. The molecule has 2 heteroatoms. The van der Waals surface area contributed by atoms with Crippen molar-refractivity contribution >= 4 is 0 Å². The van der Waals surface area contributed by atoms with Crippen molar-refractivity contribution in [3.63, 3.8) is 0 Å². The molecule has 0 bridgehead atoms. The van der Waals surface area contributed by atoms with E-state index < -0.39 is 0 Å². The van der Waals surface area contributed by atoms with E-state index in [0.717, 1.165) is 17.9 Å². The zero-order valence-corrected chi connectivity index (χ0v) is 11.7. The summed E-state index contributed by atoms with van der Waals surface area (Å²) in [6.45, 7) is 0.580. The minimum absolute atomic E-state index is 0.290. The minimum Gasteiger partial charge on any atom is -0.481 e. The van der Waals surface area contributed by atoms with Gasteiger partial charge in [0.15, 0.2) is 0 Å². The van der Waals surface area contributed by atoms with E-state index in [9.17, 15) is 0 Å². The Kier molecular flexibility index (Phi) is 5.33. The number of hydrogen-bond donors (Lipinski definition) is 0. The van der Waals surface area contributed by atoms with Crippen LogP contribution >= 0.6 is 0 Å². The van der Waals surface area contributed by atoms with Gasteiger partial charge >= 0.3 is 0 Å². The molecule has 0 radical (unpaired) electrons. The van der Waals surface area contributed by atoms with E-state index in [2.05, 4.69) is 11.8 Å². The monoisotopic (exact) mass is 276 g/mol. The summed E-state index contributed by atoms with van der Waals surface area (Å²) in [5.74, 6) is 6.46. The summed E-state index contributed by atoms with van der Waals surface area (Å²) in [6, 6.07) is 15.9. The molecule has 0 amide bonds. The molecule has 0 spiro atoms. The Morgan fingerprint density at radius 3 is 1.38 bits per heavy atom. The summed E-state index contributed by atoms with van der Waals surface area (Å²) >= 11 is 0. The maximum absolute atomic E-state index is 5.34. The SMILES string of the molecule is C#CCOc1ccc(Cc2ccc(OCC#C)cc2)cc1. The Morgan fingerprint density at radius 2 is 1.05 bits per heavy atom. The van der Waals surface area contributed by atoms with Gasteiger partial charge in [-0.25, -0.2) is 0 Å². The first kappa shape index (κ1) is 14.6. The molecule has 2 aromatic carbocycles. The van der Waals surface area contributed by atoms with Crippen LogP contribution in [0.5, 0.6) is 11.5 Å². The Hall–Kier alpha value is -2.84. The van der Waals surface area contributed by atoms with Crippen molar-refractivity contribution in [2.75, 3.05) is 13.2 Å². The maximum Gasteiger partial charge on any atom is 0.148 e. The molecule has 0 aromatic heterocycles. The van der Waals surface area contributed by atoms with E-state index in [1.807, 2.05) is 48.5 Å². The number of rotatable bonds is 6. The van der Waals surface area contributed by atoms with Crippen LogP contribution in [-0.2, 0) is 6.42 Å². The smallest absolute Gasteiger partial charge is 0.148 e. The number of ether oxygens (including phenoxy) is 2. The minimum atomic E-state index is 0.290. The molecule has 0 unspecified atom stereocenters. The molecule has 0 aliphatic heterocycles. The summed E-state index contributed by atoms with van der Waals surface area (Å²) < 4.78 is 10.7. The first-order valence-corrected chi connectivity index (χ1v) is 6.62. The van der Waals surface area contributed by atoms with Gasteiger partial charge in [-0.2, -0.15) is 0 Å². The molecule has 21 heavy (non-hydrogen) atoms. The average Bonchev–Trinajstić information content (AvgIpc) is 2.53. The molecule has 0 N–H and O–H groups in total. The standard InChI is InChI=1S/C19H16O2/c1-3-13-20-18-9-5-16(6-10-18)15-17-7-11-19(12-8-17)21-14-4-2/h1-2,5-12H,13-15H2. The molecule has 0 aliphatic rings. The van der Waals surface area contributed by atoms with Gasteiger partial charge < -0.3 is 9.47 Å². The first-order valence-electron chi connectivity index (χ1n) is 6.62. The van der Waals surface area contributed by atoms with Gasteiger partial charge in [0.05, 0.1) is 0 Å². The van der Waals surface area contributed by atoms with Gasteiger partial charge in [0.2, 0.25) is 0 Å². The molecule has 0 saturated heterocycles. The van der Waals surface area contributed by atoms with Gasteiger partial charge in [0.25, 0.3) is 0 Å². The summed E-state index contributed by atoms with van der Waals surface area (Å²) in [6.07, 6.45) is 11.2. The molecular formula is C19H16O2. The lowest BCUT2D eigenvalue weighted by Crippen LogP contribution is -1.95. The lowest BCUT2D eigenvalue weighted by atomic mass is 10.0. The molecule has 0 saturated carbocycles. The van der Waals surface area contributed by atoms with Crippen molar-refractivity contribution in [1.82, 2.24) is 0 Å². The molecular weight excluding hydrogens is 260 g/mol. The van der Waals surface area contributed by atoms with Gasteiger partial charge in [-0.05, 0) is 41.8 Å². The Bertz CT molecular complexity index is 580. The van der Waals surface area contributed by atoms with Crippen LogP contribution in [0.25, 0.3) is 0 Å². The predicted octanol–water partition coefficient (Wildman–Crippen LogP) is 3.30. The normalized spacial score (nSPS) is 9.43. The topological polar surface area (TPSA) is 18.5 Å². The second-order valence-corrected chi connectivity index (χ2v) is 4.45. The number of terminal acetylenes is 2. The molecule has 2 nitrogen and oxygen atoms in total. The number of hydrogen-bond acceptors (Lipinski definition) is 2. The molecule has 0 atom stereocenters. The van der Waals surface area contributed by atoms with E-state index in [1.54, 1.807) is 0 Å². The lowest BCUT2D eigenvalue weighted by Gasteiger charge is -2.06. The van der Waals surface area contributed by atoms with Gasteiger partial charge in [-0.1, -0.05) is 36.1 Å². The summed E-state index contributed by atoms with van der Waals surface area (Å²) in [5.41, 5.74) is 2.42. The van der Waals surface area contributed by atoms with Crippen molar-refractivity contribution < 1.29 is 9.47 Å². The van der Waals surface area contributed by atoms with Crippen LogP contribution in [0.15, 0.2) is 48.5 Å². The molecule has 0 fully saturated rings. The fourth-order valence-electron chi connectivity index (χ4n) is 1.89. The molecule has 2 aromatic rings.